The molecule has 1 aliphatic heterocycles. The Labute approximate surface area is 343 Å². The lowest BCUT2D eigenvalue weighted by atomic mass is 9.81. The first-order valence-corrected chi connectivity index (χ1v) is 21.7. The van der Waals surface area contributed by atoms with Crippen LogP contribution >= 0.6 is 0 Å². The minimum absolute atomic E-state index is 0.0336. The van der Waals surface area contributed by atoms with Crippen LogP contribution in [0.2, 0.25) is 0 Å². The standard InChI is InChI=1S/C52H40N4O2S/c1-33-10-9-17-49-50(33)45-13-5-8-16-48(45)56(49)41-29-24-37(25-30-41)39-26-31-42(34(2)32-39)52-51(53-59(57,58)54-52)38-20-18-35(19-21-38)36-22-27-40(28-23-36)55-46-14-6-3-11-43(46)44-12-4-7-15-47(44)55/h3-9,11-31,33-34H,10,32H2,1-2H3. The molecule has 0 fully saturated rings. The third kappa shape index (κ3) is 5.87. The van der Waals surface area contributed by atoms with E-state index in [4.69, 9.17) is 0 Å². The molecule has 0 radical (unpaired) electrons. The number of aromatic nitrogens is 2. The summed E-state index contributed by atoms with van der Waals surface area (Å²) in [7, 11) is -4.00. The van der Waals surface area contributed by atoms with Crippen molar-refractivity contribution in [3.63, 3.8) is 0 Å². The highest BCUT2D eigenvalue weighted by Gasteiger charge is 2.32. The lowest BCUT2D eigenvalue weighted by Gasteiger charge is -2.23. The van der Waals surface area contributed by atoms with Gasteiger partial charge in [-0.2, -0.15) is 8.42 Å². The average Bonchev–Trinajstić information content (AvgIpc) is 3.91. The maximum Gasteiger partial charge on any atom is 0.364 e. The quantitative estimate of drug-likeness (QED) is 0.168. The van der Waals surface area contributed by atoms with Crippen molar-refractivity contribution in [1.82, 2.24) is 9.13 Å². The smallest absolute Gasteiger partial charge is 0.310 e. The second-order valence-corrected chi connectivity index (χ2v) is 17.2. The van der Waals surface area contributed by atoms with Crippen LogP contribution in [0.1, 0.15) is 55.0 Å². The van der Waals surface area contributed by atoms with Crippen molar-refractivity contribution in [2.45, 2.75) is 32.6 Å². The first-order chi connectivity index (χ1) is 28.8. The van der Waals surface area contributed by atoms with Gasteiger partial charge in [-0.1, -0.05) is 135 Å². The summed E-state index contributed by atoms with van der Waals surface area (Å²) in [6.45, 7) is 4.45. The molecule has 0 amide bonds. The van der Waals surface area contributed by atoms with Gasteiger partial charge in [0.1, 0.15) is 11.4 Å². The maximum atomic E-state index is 12.9. The molecule has 6 aromatic carbocycles. The Hall–Kier alpha value is -6.83. The van der Waals surface area contributed by atoms with Crippen molar-refractivity contribution in [2.24, 2.45) is 14.7 Å². The highest BCUT2D eigenvalue weighted by Crippen LogP contribution is 2.41. The topological polar surface area (TPSA) is 68.7 Å². The van der Waals surface area contributed by atoms with Gasteiger partial charge in [0.15, 0.2) is 0 Å². The van der Waals surface area contributed by atoms with Gasteiger partial charge >= 0.3 is 10.2 Å². The van der Waals surface area contributed by atoms with E-state index in [0.29, 0.717) is 17.3 Å². The Morgan fingerprint density at radius 2 is 1.03 bits per heavy atom. The van der Waals surface area contributed by atoms with Crippen molar-refractivity contribution in [2.75, 3.05) is 0 Å². The first-order valence-electron chi connectivity index (χ1n) is 20.3. The molecule has 8 aromatic rings. The Kier molecular flexibility index (Phi) is 8.17. The molecule has 3 aliphatic rings. The number of hydrogen-bond donors (Lipinski definition) is 0. The van der Waals surface area contributed by atoms with Crippen LogP contribution in [0.15, 0.2) is 178 Å². The van der Waals surface area contributed by atoms with Crippen LogP contribution in [0, 0.1) is 5.92 Å². The fraction of sp³-hybridized carbons (Fsp3) is 0.115. The predicted molar refractivity (Wildman–Crippen MR) is 244 cm³/mol. The zero-order chi connectivity index (χ0) is 39.8. The molecule has 0 bridgehead atoms. The minimum Gasteiger partial charge on any atom is -0.310 e. The fourth-order valence-corrected chi connectivity index (χ4v) is 10.4. The normalized spacial score (nSPS) is 18.5. The molecule has 7 heteroatoms. The molecule has 0 spiro atoms. The summed E-state index contributed by atoms with van der Waals surface area (Å²) in [5.74, 6) is 0.508. The highest BCUT2D eigenvalue weighted by atomic mass is 32.2. The number of fused-ring (bicyclic) bond motifs is 6. The largest absolute Gasteiger partial charge is 0.364 e. The lowest BCUT2D eigenvalue weighted by molar-refractivity contribution is 0.600. The summed E-state index contributed by atoms with van der Waals surface area (Å²) in [5, 5.41) is 3.79. The van der Waals surface area contributed by atoms with E-state index in [2.05, 4.69) is 171 Å². The lowest BCUT2D eigenvalue weighted by Crippen LogP contribution is -2.21. The van der Waals surface area contributed by atoms with Gasteiger partial charge in [0.05, 0.1) is 16.6 Å². The van der Waals surface area contributed by atoms with Gasteiger partial charge in [0.25, 0.3) is 0 Å². The van der Waals surface area contributed by atoms with Crippen molar-refractivity contribution in [1.29, 1.82) is 0 Å². The van der Waals surface area contributed by atoms with Gasteiger partial charge in [-0.25, -0.2) is 0 Å². The Bertz CT molecular complexity index is 3230. The van der Waals surface area contributed by atoms with E-state index in [1.165, 1.54) is 49.5 Å². The van der Waals surface area contributed by atoms with Crippen LogP contribution in [-0.2, 0) is 10.2 Å². The van der Waals surface area contributed by atoms with Gasteiger partial charge in [0.2, 0.25) is 0 Å². The molecule has 6 nitrogen and oxygen atoms in total. The van der Waals surface area contributed by atoms with Gasteiger partial charge in [-0.05, 0) is 107 Å². The van der Waals surface area contributed by atoms with Gasteiger partial charge in [-0.3, -0.25) is 0 Å². The zero-order valence-corrected chi connectivity index (χ0v) is 33.6. The molecule has 0 saturated carbocycles. The van der Waals surface area contributed by atoms with E-state index in [0.717, 1.165) is 52.0 Å². The van der Waals surface area contributed by atoms with E-state index in [-0.39, 0.29) is 5.92 Å². The number of allylic oxidation sites excluding steroid dienone is 5. The van der Waals surface area contributed by atoms with Crippen LogP contribution in [0.4, 0.5) is 0 Å². The number of nitrogens with zero attached hydrogens (tertiary/aromatic N) is 4. The molecule has 2 aliphatic carbocycles. The minimum atomic E-state index is -4.00. The second kappa shape index (κ2) is 13.6. The summed E-state index contributed by atoms with van der Waals surface area (Å²) in [6.07, 6.45) is 10.5. The molecular weight excluding hydrogens is 745 g/mol. The van der Waals surface area contributed by atoms with Crippen LogP contribution < -0.4 is 0 Å². The van der Waals surface area contributed by atoms with Crippen molar-refractivity contribution >= 4 is 66.0 Å². The summed E-state index contributed by atoms with van der Waals surface area (Å²) >= 11 is 0. The highest BCUT2D eigenvalue weighted by molar-refractivity contribution is 7.89. The molecule has 286 valence electrons. The fourth-order valence-electron chi connectivity index (χ4n) is 9.50. The first kappa shape index (κ1) is 35.3. The SMILES string of the molecule is CC1CC(c2ccc(-n3c4c(c5ccccc53)C(C)CC=C4)cc2)=CC=C1C1=NS(=O)(=O)N=C1c1ccc(-c2ccc(-n3c4ccccc4c4ccccc43)cc2)cc1. The molecule has 2 atom stereocenters. The van der Waals surface area contributed by atoms with Crippen LogP contribution in [0.5, 0.6) is 0 Å². The average molecular weight is 785 g/mol. The number of hydrogen-bond acceptors (Lipinski definition) is 2. The Morgan fingerprint density at radius 1 is 0.525 bits per heavy atom. The third-order valence-electron chi connectivity index (χ3n) is 12.3. The van der Waals surface area contributed by atoms with Crippen molar-refractivity contribution < 1.29 is 8.42 Å². The number of benzene rings is 6. The third-order valence-corrected chi connectivity index (χ3v) is 13.2. The number of para-hydroxylation sites is 3. The van der Waals surface area contributed by atoms with E-state index in [1.807, 2.05) is 30.3 Å². The number of rotatable bonds is 6. The van der Waals surface area contributed by atoms with E-state index < -0.39 is 10.2 Å². The molecule has 0 saturated heterocycles. The summed E-state index contributed by atoms with van der Waals surface area (Å²) in [4.78, 5) is 0. The zero-order valence-electron chi connectivity index (χ0n) is 32.7. The summed E-state index contributed by atoms with van der Waals surface area (Å²) < 4.78 is 38.9. The van der Waals surface area contributed by atoms with Gasteiger partial charge < -0.3 is 9.13 Å². The summed E-state index contributed by atoms with van der Waals surface area (Å²) in [6, 6.07) is 51.1. The molecule has 2 aromatic heterocycles. The van der Waals surface area contributed by atoms with Crippen LogP contribution in [0.3, 0.4) is 0 Å². The molecular formula is C52H40N4O2S. The molecule has 11 rings (SSSR count). The molecule has 3 heterocycles. The van der Waals surface area contributed by atoms with Crippen LogP contribution in [0.25, 0.3) is 66.9 Å². The monoisotopic (exact) mass is 784 g/mol. The second-order valence-electron chi connectivity index (χ2n) is 16.0. The van der Waals surface area contributed by atoms with Gasteiger partial charge in [0, 0.05) is 38.8 Å². The molecule has 59 heavy (non-hydrogen) atoms. The summed E-state index contributed by atoms with van der Waals surface area (Å²) in [5.41, 5.74) is 15.4. The van der Waals surface area contributed by atoms with Crippen molar-refractivity contribution in [3.8, 4) is 22.5 Å². The predicted octanol–water partition coefficient (Wildman–Crippen LogP) is 12.5. The molecule has 0 N–H and O–H groups in total. The van der Waals surface area contributed by atoms with E-state index >= 15 is 0 Å². The Balaban J connectivity index is 0.857. The maximum absolute atomic E-state index is 12.9. The van der Waals surface area contributed by atoms with Gasteiger partial charge in [-0.15, -0.1) is 8.80 Å². The van der Waals surface area contributed by atoms with E-state index in [9.17, 15) is 8.42 Å². The van der Waals surface area contributed by atoms with Crippen molar-refractivity contribution in [3.05, 3.63) is 192 Å². The Morgan fingerprint density at radius 3 is 1.66 bits per heavy atom. The van der Waals surface area contributed by atoms with Crippen LogP contribution in [-0.4, -0.2) is 29.0 Å². The molecule has 2 unspecified atom stereocenters. The van der Waals surface area contributed by atoms with E-state index in [1.54, 1.807) is 0 Å².